The van der Waals surface area contributed by atoms with E-state index in [1.54, 1.807) is 30.3 Å². The lowest BCUT2D eigenvalue weighted by Gasteiger charge is -2.20. The van der Waals surface area contributed by atoms with Gasteiger partial charge in [0.15, 0.2) is 0 Å². The Morgan fingerprint density at radius 2 is 1.29 bits per heavy atom. The molecule has 0 atom stereocenters. The Morgan fingerprint density at radius 3 is 1.81 bits per heavy atom. The number of rotatable bonds is 5. The number of hydrogen-bond acceptors (Lipinski definition) is 3. The number of carbonyl (C=O) groups excluding carboxylic acids is 3. The summed E-state index contributed by atoms with van der Waals surface area (Å²) in [5.74, 6) is -1.23. The van der Waals surface area contributed by atoms with Gasteiger partial charge in [0, 0.05) is 16.7 Å². The van der Waals surface area contributed by atoms with Crippen molar-refractivity contribution in [3.05, 3.63) is 94.3 Å². The number of hydrogen-bond donors (Lipinski definition) is 3. The number of allylic oxidation sites excluding steroid dienone is 2. The Kier molecular flexibility index (Phi) is 6.39. The van der Waals surface area contributed by atoms with Gasteiger partial charge in [-0.15, -0.1) is 0 Å². The number of benzene rings is 2. The highest BCUT2D eigenvalue weighted by Crippen LogP contribution is 2.22. The number of nitrogens with one attached hydrogen (secondary N) is 2. The van der Waals surface area contributed by atoms with Gasteiger partial charge in [-0.3, -0.25) is 14.4 Å². The zero-order chi connectivity index (χ0) is 22.6. The van der Waals surface area contributed by atoms with Crippen molar-refractivity contribution in [2.24, 2.45) is 5.73 Å². The van der Waals surface area contributed by atoms with E-state index in [1.807, 2.05) is 24.3 Å². The van der Waals surface area contributed by atoms with Crippen molar-refractivity contribution >= 4 is 17.7 Å². The first kappa shape index (κ1) is 22.0. The molecule has 3 rings (SSSR count). The maximum absolute atomic E-state index is 12.8. The molecule has 0 aliphatic heterocycles. The number of primary amides is 1. The van der Waals surface area contributed by atoms with E-state index >= 15 is 0 Å². The zero-order valence-corrected chi connectivity index (χ0v) is 18.0. The first-order valence-corrected chi connectivity index (χ1v) is 10.2. The zero-order valence-electron chi connectivity index (χ0n) is 18.0. The Bertz CT molecular complexity index is 1070. The van der Waals surface area contributed by atoms with Gasteiger partial charge >= 0.3 is 0 Å². The monoisotopic (exact) mass is 417 g/mol. The topological polar surface area (TPSA) is 101 Å². The fourth-order valence-corrected chi connectivity index (χ4v) is 3.24. The Hall–Kier alpha value is -3.67. The molecular formula is C25H27N3O3. The average molecular weight is 418 g/mol. The van der Waals surface area contributed by atoms with Crippen LogP contribution in [0.2, 0.25) is 0 Å². The molecule has 0 spiro atoms. The van der Waals surface area contributed by atoms with Crippen LogP contribution in [-0.4, -0.2) is 17.7 Å². The van der Waals surface area contributed by atoms with E-state index in [2.05, 4.69) is 31.4 Å². The van der Waals surface area contributed by atoms with Crippen molar-refractivity contribution in [1.29, 1.82) is 0 Å². The lowest BCUT2D eigenvalue weighted by molar-refractivity contribution is 0.0947. The van der Waals surface area contributed by atoms with Crippen LogP contribution in [-0.2, 0) is 5.41 Å². The van der Waals surface area contributed by atoms with Gasteiger partial charge in [-0.25, -0.2) is 0 Å². The van der Waals surface area contributed by atoms with Gasteiger partial charge in [0.05, 0.1) is 11.4 Å². The highest BCUT2D eigenvalue weighted by atomic mass is 16.2. The quantitative estimate of drug-likeness (QED) is 0.689. The molecule has 0 radical (unpaired) electrons. The van der Waals surface area contributed by atoms with Crippen molar-refractivity contribution in [1.82, 2.24) is 10.6 Å². The van der Waals surface area contributed by atoms with Gasteiger partial charge in [-0.05, 0) is 54.2 Å². The van der Waals surface area contributed by atoms with Crippen molar-refractivity contribution in [3.8, 4) is 0 Å². The third-order valence-electron chi connectivity index (χ3n) is 5.07. The van der Waals surface area contributed by atoms with Gasteiger partial charge in [-0.1, -0.05) is 51.1 Å². The van der Waals surface area contributed by atoms with Gasteiger partial charge in [-0.2, -0.15) is 0 Å². The van der Waals surface area contributed by atoms with Crippen LogP contribution in [0, 0.1) is 0 Å². The first-order chi connectivity index (χ1) is 14.6. The van der Waals surface area contributed by atoms with E-state index < -0.39 is 5.91 Å². The van der Waals surface area contributed by atoms with E-state index in [-0.39, 0.29) is 22.8 Å². The van der Waals surface area contributed by atoms with Crippen LogP contribution in [0.4, 0.5) is 0 Å². The normalized spacial score (nSPS) is 13.6. The van der Waals surface area contributed by atoms with E-state index in [0.717, 1.165) is 18.4 Å². The minimum Gasteiger partial charge on any atom is -0.366 e. The molecule has 31 heavy (non-hydrogen) atoms. The summed E-state index contributed by atoms with van der Waals surface area (Å²) in [6, 6.07) is 13.7. The fourth-order valence-electron chi connectivity index (χ4n) is 3.24. The highest BCUT2D eigenvalue weighted by Gasteiger charge is 2.18. The molecule has 1 aliphatic rings. The predicted molar refractivity (Wildman–Crippen MR) is 120 cm³/mol. The number of carbonyl (C=O) groups is 3. The molecule has 0 saturated heterocycles. The van der Waals surface area contributed by atoms with Crippen LogP contribution in [0.5, 0.6) is 0 Å². The summed E-state index contributed by atoms with van der Waals surface area (Å²) in [4.78, 5) is 36.8. The summed E-state index contributed by atoms with van der Waals surface area (Å²) >= 11 is 0. The molecule has 0 fully saturated rings. The lowest BCUT2D eigenvalue weighted by atomic mass is 9.86. The molecule has 3 amide bonds. The van der Waals surface area contributed by atoms with Crippen LogP contribution in [0.1, 0.15) is 70.3 Å². The molecule has 0 heterocycles. The van der Waals surface area contributed by atoms with E-state index in [1.165, 1.54) is 6.07 Å². The van der Waals surface area contributed by atoms with Crippen LogP contribution in [0.25, 0.3) is 0 Å². The highest BCUT2D eigenvalue weighted by molar-refractivity contribution is 6.00. The average Bonchev–Trinajstić information content (AvgIpc) is 2.74. The first-order valence-electron chi connectivity index (χ1n) is 10.2. The van der Waals surface area contributed by atoms with Gasteiger partial charge in [0.2, 0.25) is 5.91 Å². The third-order valence-corrected chi connectivity index (χ3v) is 5.07. The van der Waals surface area contributed by atoms with Crippen LogP contribution in [0.15, 0.2) is 72.1 Å². The molecule has 6 heteroatoms. The summed E-state index contributed by atoms with van der Waals surface area (Å²) in [5.41, 5.74) is 8.64. The summed E-state index contributed by atoms with van der Waals surface area (Å²) < 4.78 is 0. The second kappa shape index (κ2) is 9.00. The molecule has 4 N–H and O–H groups in total. The largest absolute Gasteiger partial charge is 0.366 e. The van der Waals surface area contributed by atoms with Crippen LogP contribution in [0.3, 0.4) is 0 Å². The lowest BCUT2D eigenvalue weighted by Crippen LogP contribution is -2.32. The smallest absolute Gasteiger partial charge is 0.255 e. The SMILES string of the molecule is CC(C)(C)c1ccc(C(=O)NC2=CCCC=C2NC(=O)c2cccc(C(N)=O)c2)cc1. The van der Waals surface area contributed by atoms with Gasteiger partial charge in [0.1, 0.15) is 0 Å². The minimum absolute atomic E-state index is 0.00685. The van der Waals surface area contributed by atoms with E-state index in [9.17, 15) is 14.4 Å². The maximum atomic E-state index is 12.8. The maximum Gasteiger partial charge on any atom is 0.255 e. The minimum atomic E-state index is -0.600. The predicted octanol–water partition coefficient (Wildman–Crippen LogP) is 3.80. The molecule has 0 bridgehead atoms. The second-order valence-corrected chi connectivity index (χ2v) is 8.49. The van der Waals surface area contributed by atoms with Crippen molar-refractivity contribution < 1.29 is 14.4 Å². The molecule has 6 nitrogen and oxygen atoms in total. The van der Waals surface area contributed by atoms with Crippen molar-refractivity contribution in [3.63, 3.8) is 0 Å². The Morgan fingerprint density at radius 1 is 0.774 bits per heavy atom. The molecule has 2 aromatic rings. The van der Waals surface area contributed by atoms with Crippen LogP contribution < -0.4 is 16.4 Å². The summed E-state index contributed by atoms with van der Waals surface area (Å²) in [5, 5.41) is 5.72. The number of amides is 3. The van der Waals surface area contributed by atoms with Crippen molar-refractivity contribution in [2.45, 2.75) is 39.0 Å². The second-order valence-electron chi connectivity index (χ2n) is 8.49. The summed E-state index contributed by atoms with van der Waals surface area (Å²) in [6.45, 7) is 6.36. The van der Waals surface area contributed by atoms with Gasteiger partial charge in [0.25, 0.3) is 11.8 Å². The molecule has 0 unspecified atom stereocenters. The van der Waals surface area contributed by atoms with Gasteiger partial charge < -0.3 is 16.4 Å². The number of nitrogens with two attached hydrogens (primary N) is 1. The van der Waals surface area contributed by atoms with Crippen molar-refractivity contribution in [2.75, 3.05) is 0 Å². The molecule has 2 aromatic carbocycles. The summed E-state index contributed by atoms with van der Waals surface area (Å²) in [7, 11) is 0. The molecule has 0 aromatic heterocycles. The Balaban J connectivity index is 1.71. The molecule has 1 aliphatic carbocycles. The standard InChI is InChI=1S/C25H27N3O3/c1-25(2,3)19-13-11-16(12-14-19)23(30)27-20-9-4-5-10-21(20)28-24(31)18-8-6-7-17(15-18)22(26)29/h6-15H,4-5H2,1-3H3,(H2,26,29)(H,27,30)(H,28,31). The molecular weight excluding hydrogens is 390 g/mol. The molecule has 160 valence electrons. The van der Waals surface area contributed by atoms with Crippen LogP contribution >= 0.6 is 0 Å². The molecule has 0 saturated carbocycles. The fraction of sp³-hybridized carbons (Fsp3) is 0.240. The third kappa shape index (κ3) is 5.48. The van der Waals surface area contributed by atoms with E-state index in [0.29, 0.717) is 22.5 Å². The van der Waals surface area contributed by atoms with E-state index in [4.69, 9.17) is 5.73 Å². The summed E-state index contributed by atoms with van der Waals surface area (Å²) in [6.07, 6.45) is 5.26. The Labute approximate surface area is 182 Å².